The van der Waals surface area contributed by atoms with E-state index in [1.807, 2.05) is 0 Å². The van der Waals surface area contributed by atoms with E-state index in [1.54, 1.807) is 0 Å². The van der Waals surface area contributed by atoms with E-state index < -0.39 is 83.3 Å². The third-order valence-electron chi connectivity index (χ3n) is 3.99. The van der Waals surface area contributed by atoms with Crippen molar-refractivity contribution in [3.05, 3.63) is 88.8 Å². The van der Waals surface area contributed by atoms with Crippen molar-refractivity contribution in [3.63, 3.8) is 0 Å². The van der Waals surface area contributed by atoms with Gasteiger partial charge < -0.3 is 4.18 Å². The van der Waals surface area contributed by atoms with Gasteiger partial charge in [0.05, 0.1) is 0 Å². The monoisotopic (exact) mass is 484 g/mol. The molecule has 0 saturated heterocycles. The van der Waals surface area contributed by atoms with Crippen molar-refractivity contribution in [1.82, 2.24) is 0 Å². The van der Waals surface area contributed by atoms with Gasteiger partial charge in [-0.25, -0.2) is 39.5 Å². The summed E-state index contributed by atoms with van der Waals surface area (Å²) < 4.78 is 134. The van der Waals surface area contributed by atoms with E-state index in [4.69, 9.17) is 4.18 Å². The number of halogens is 9. The first-order chi connectivity index (χ1) is 14.9. The zero-order chi connectivity index (χ0) is 24.0. The van der Waals surface area contributed by atoms with Gasteiger partial charge in [0.25, 0.3) is 0 Å². The van der Waals surface area contributed by atoms with Crippen molar-refractivity contribution in [2.75, 3.05) is 0 Å². The molecule has 0 N–H and O–H groups in total. The first-order valence-corrected chi connectivity index (χ1v) is 9.91. The van der Waals surface area contributed by atoms with Crippen LogP contribution in [0.2, 0.25) is 0 Å². The number of carbonyl (C=O) groups excluding carboxylic acids is 1. The Bertz CT molecular complexity index is 1040. The zero-order valence-corrected chi connectivity index (χ0v) is 16.4. The molecule has 0 atom stereocenters. The molecular formula is C20H9F9O2S. The van der Waals surface area contributed by atoms with Crippen LogP contribution >= 0.6 is 10.3 Å². The fourth-order valence-corrected chi connectivity index (χ4v) is 6.23. The fraction of sp³-hybridized carbons (Fsp3) is 0.0500. The molecule has 2 nitrogen and oxygen atoms in total. The lowest BCUT2D eigenvalue weighted by Gasteiger charge is -2.39. The fourth-order valence-electron chi connectivity index (χ4n) is 3.02. The molecule has 3 rings (SSSR count). The Balaban J connectivity index is 2.67. The Morgan fingerprint density at radius 1 is 0.562 bits per heavy atom. The molecule has 0 unspecified atom stereocenters. The van der Waals surface area contributed by atoms with Gasteiger partial charge in [0.2, 0.25) is 0 Å². The standard InChI is InChI=1S/C20H9F9O2S/c1-8(30)31-32(18-12(24)2-9(21)3-13(18)25,19-14(26)4-10(22)5-15(19)27)20-16(28)6-11(23)7-17(20)29/h2-7H,1H3. The average Bonchev–Trinajstić information content (AvgIpc) is 2.57. The van der Waals surface area contributed by atoms with Crippen molar-refractivity contribution < 1.29 is 48.5 Å². The van der Waals surface area contributed by atoms with Gasteiger partial charge in [-0.2, -0.15) is 0 Å². The highest BCUT2D eigenvalue weighted by Crippen LogP contribution is 2.72. The van der Waals surface area contributed by atoms with Crippen molar-refractivity contribution in [1.29, 1.82) is 0 Å². The van der Waals surface area contributed by atoms with Crippen molar-refractivity contribution >= 4 is 16.3 Å². The molecule has 0 spiro atoms. The van der Waals surface area contributed by atoms with E-state index in [2.05, 4.69) is 0 Å². The Morgan fingerprint density at radius 2 is 0.781 bits per heavy atom. The van der Waals surface area contributed by atoms with Gasteiger partial charge in [-0.15, -0.1) is 0 Å². The normalized spacial score (nSPS) is 12.1. The predicted octanol–water partition coefficient (Wildman–Crippen LogP) is 6.70. The first-order valence-electron chi connectivity index (χ1n) is 8.35. The number of benzene rings is 3. The van der Waals surface area contributed by atoms with Gasteiger partial charge in [-0.3, -0.25) is 4.79 Å². The van der Waals surface area contributed by atoms with Crippen LogP contribution in [0.1, 0.15) is 6.92 Å². The molecule has 0 fully saturated rings. The number of rotatable bonds is 4. The van der Waals surface area contributed by atoms with Crippen molar-refractivity contribution in [2.24, 2.45) is 0 Å². The third kappa shape index (κ3) is 3.90. The molecule has 12 heteroatoms. The van der Waals surface area contributed by atoms with Crippen LogP contribution in [0.15, 0.2) is 51.1 Å². The highest BCUT2D eigenvalue weighted by atomic mass is 32.3. The van der Waals surface area contributed by atoms with E-state index in [-0.39, 0.29) is 36.4 Å². The molecule has 0 aliphatic heterocycles. The second-order valence-corrected chi connectivity index (χ2v) is 8.73. The lowest BCUT2D eigenvalue weighted by molar-refractivity contribution is -0.131. The smallest absolute Gasteiger partial charge is 0.313 e. The molecule has 0 saturated carbocycles. The minimum atomic E-state index is -5.07. The summed E-state index contributed by atoms with van der Waals surface area (Å²) in [5.74, 6) is -17.8. The maximum Gasteiger partial charge on any atom is 0.313 e. The van der Waals surface area contributed by atoms with Gasteiger partial charge in [0.1, 0.15) is 67.0 Å². The molecular weight excluding hydrogens is 475 g/mol. The van der Waals surface area contributed by atoms with Crippen molar-refractivity contribution in [2.45, 2.75) is 21.6 Å². The maximum atomic E-state index is 14.8. The summed E-state index contributed by atoms with van der Waals surface area (Å²) in [5, 5.41) is 0. The highest BCUT2D eigenvalue weighted by Gasteiger charge is 2.47. The van der Waals surface area contributed by atoms with Crippen LogP contribution in [0, 0.1) is 52.4 Å². The van der Waals surface area contributed by atoms with Gasteiger partial charge in [-0.05, 0) is 0 Å². The van der Waals surface area contributed by atoms with Crippen LogP contribution in [-0.2, 0) is 8.98 Å². The Morgan fingerprint density at radius 3 is 0.969 bits per heavy atom. The van der Waals surface area contributed by atoms with Crippen LogP contribution in [0.25, 0.3) is 0 Å². The van der Waals surface area contributed by atoms with Gasteiger partial charge in [-0.1, -0.05) is 0 Å². The van der Waals surface area contributed by atoms with Crippen LogP contribution in [-0.4, -0.2) is 5.97 Å². The van der Waals surface area contributed by atoms with Crippen molar-refractivity contribution in [3.8, 4) is 0 Å². The summed E-state index contributed by atoms with van der Waals surface area (Å²) in [6, 6.07) is 0.0138. The molecule has 3 aromatic rings. The molecule has 0 aliphatic carbocycles. The summed E-state index contributed by atoms with van der Waals surface area (Å²) in [4.78, 5) is 6.98. The summed E-state index contributed by atoms with van der Waals surface area (Å²) in [5.41, 5.74) is 0. The second kappa shape index (κ2) is 8.41. The summed E-state index contributed by atoms with van der Waals surface area (Å²) in [6.07, 6.45) is 0. The molecule has 0 bridgehead atoms. The molecule has 0 heterocycles. The Kier molecular flexibility index (Phi) is 6.18. The predicted molar refractivity (Wildman–Crippen MR) is 93.1 cm³/mol. The van der Waals surface area contributed by atoms with E-state index in [0.29, 0.717) is 6.92 Å². The lowest BCUT2D eigenvalue weighted by atomic mass is 10.3. The Hall–Kier alpha value is -3.15. The first kappa shape index (κ1) is 23.5. The number of hydrogen-bond donors (Lipinski definition) is 0. The molecule has 170 valence electrons. The van der Waals surface area contributed by atoms with E-state index in [9.17, 15) is 44.3 Å². The molecule has 3 aromatic carbocycles. The molecule has 0 amide bonds. The van der Waals surface area contributed by atoms with Gasteiger partial charge >= 0.3 is 5.97 Å². The summed E-state index contributed by atoms with van der Waals surface area (Å²) >= 11 is 0. The van der Waals surface area contributed by atoms with Crippen LogP contribution in [0.3, 0.4) is 0 Å². The van der Waals surface area contributed by atoms with E-state index >= 15 is 0 Å². The van der Waals surface area contributed by atoms with E-state index in [0.717, 1.165) is 0 Å². The summed E-state index contributed by atoms with van der Waals surface area (Å²) in [6.45, 7) is 0.583. The lowest BCUT2D eigenvalue weighted by Crippen LogP contribution is -2.19. The minimum absolute atomic E-state index is 0.00231. The quantitative estimate of drug-likeness (QED) is 0.386. The van der Waals surface area contributed by atoms with Gasteiger partial charge in [0, 0.05) is 53.6 Å². The highest BCUT2D eigenvalue weighted by molar-refractivity contribution is 8.30. The molecule has 32 heavy (non-hydrogen) atoms. The van der Waals surface area contributed by atoms with Gasteiger partial charge in [0.15, 0.2) is 0 Å². The van der Waals surface area contributed by atoms with Crippen LogP contribution in [0.4, 0.5) is 39.5 Å². The molecule has 0 aliphatic rings. The maximum absolute atomic E-state index is 14.8. The molecule has 0 radical (unpaired) electrons. The average molecular weight is 484 g/mol. The Labute approximate surface area is 175 Å². The van der Waals surface area contributed by atoms with Crippen LogP contribution < -0.4 is 0 Å². The van der Waals surface area contributed by atoms with Crippen LogP contribution in [0.5, 0.6) is 0 Å². The topological polar surface area (TPSA) is 26.3 Å². The zero-order valence-electron chi connectivity index (χ0n) is 15.6. The SMILES string of the molecule is CC(=O)OS(c1c(F)cc(F)cc1F)(c1c(F)cc(F)cc1F)c1c(F)cc(F)cc1F. The summed E-state index contributed by atoms with van der Waals surface area (Å²) in [7, 11) is -5.07. The number of hydrogen-bond acceptors (Lipinski definition) is 2. The number of carbonyl (C=O) groups is 1. The minimum Gasteiger partial charge on any atom is -0.402 e. The molecule has 0 aromatic heterocycles. The second-order valence-electron chi connectivity index (χ2n) is 6.23. The largest absolute Gasteiger partial charge is 0.402 e. The van der Waals surface area contributed by atoms with E-state index in [1.165, 1.54) is 0 Å². The third-order valence-corrected chi connectivity index (χ3v) is 7.37.